The molecule has 0 saturated carbocycles. The van der Waals surface area contributed by atoms with Crippen molar-refractivity contribution in [1.82, 2.24) is 79.4 Å². The van der Waals surface area contributed by atoms with Crippen LogP contribution in [0.3, 0.4) is 0 Å². The van der Waals surface area contributed by atoms with Crippen LogP contribution in [0.5, 0.6) is 0 Å². The summed E-state index contributed by atoms with van der Waals surface area (Å²) in [5.41, 5.74) is 14.2. The van der Waals surface area contributed by atoms with Gasteiger partial charge in [0, 0.05) is 54.2 Å². The van der Waals surface area contributed by atoms with Gasteiger partial charge < -0.3 is 121 Å². The Kier molecular flexibility index (Phi) is 41.1. The van der Waals surface area contributed by atoms with Gasteiger partial charge in [0.05, 0.1) is 51.8 Å². The Morgan fingerprint density at radius 3 is 1.72 bits per heavy atom. The summed E-state index contributed by atoms with van der Waals surface area (Å²) >= 11 is 0. The van der Waals surface area contributed by atoms with Crippen LogP contribution in [0.25, 0.3) is 10.9 Å². The van der Waals surface area contributed by atoms with Gasteiger partial charge in [-0.05, 0) is 81.8 Å². The van der Waals surface area contributed by atoms with E-state index in [2.05, 4.69) is 75.7 Å². The third kappa shape index (κ3) is 34.6. The van der Waals surface area contributed by atoms with Crippen molar-refractivity contribution >= 4 is 135 Å². The summed E-state index contributed by atoms with van der Waals surface area (Å²) < 4.78 is 5.74. The summed E-state index contributed by atoms with van der Waals surface area (Å²) in [6, 6.07) is -3.19. The van der Waals surface area contributed by atoms with Gasteiger partial charge in [-0.25, -0.2) is 4.79 Å². The number of hydrogen-bond donors (Lipinski definition) is 22. The van der Waals surface area contributed by atoms with Crippen molar-refractivity contribution in [1.29, 1.82) is 0 Å². The number of ether oxygens (including phenoxy) is 1. The van der Waals surface area contributed by atoms with Crippen LogP contribution in [0.1, 0.15) is 157 Å². The number of anilines is 1. The molecule has 43 heteroatoms. The number of unbranched alkanes of at least 4 members (excludes halogenated alkanes) is 6. The Balaban J connectivity index is 1.62. The molecule has 0 spiro atoms. The zero-order valence-electron chi connectivity index (χ0n) is 68.5. The van der Waals surface area contributed by atoms with E-state index >= 15 is 0 Å². The molecule has 5 rings (SSSR count). The van der Waals surface area contributed by atoms with Crippen LogP contribution in [-0.2, 0) is 109 Å². The average molecular weight is 1720 g/mol. The number of rotatable bonds is 38. The smallest absolute Gasteiger partial charge is 0.329 e. The molecule has 670 valence electrons. The molecule has 0 bridgehead atoms. The molecule has 24 N–H and O–H groups in total. The molecule has 1 saturated heterocycles. The topological polar surface area (TPSA) is 688 Å². The van der Waals surface area contributed by atoms with E-state index in [1.807, 2.05) is 41.8 Å². The number of carbonyl (C=O) groups is 20. The first-order valence-electron chi connectivity index (χ1n) is 39.8. The van der Waals surface area contributed by atoms with Crippen molar-refractivity contribution in [3.63, 3.8) is 0 Å². The molecule has 13 atom stereocenters. The number of aryl methyl sites for hydroxylation is 1. The standard InChI is InChI=1S/C80H109N17O26/c1-6-7-8-9-10-11-12-23-61(101)89-52(30-46-37-84-50-21-16-14-18-47(46)50)74(116)92-53(32-60(82)100)75(117)94-56(35-67(110)111)76(118)97-69-44(5)123-80(122)57(31-59(99)48-19-13-15-20-49(48)81)95-79(121)68(42(3)29-64(104)105)96-77(119)58(40-98)90-63(103)38-85-71(113)54(33-65(106)107)91-70(112)43(4)87-73(115)55(34-66(108)109)93-72(114)51(88-62(102)39-86-78(69)120)22-17-28-83-36-45-26-24-41(2)25-27-45/h13-16,18-21,24-27,37,42-44,51-58,68-69,83-84,98H,6-12,17,22-23,28-36,38-40,81H2,1-5H3,(H2,82,100)(H,85,113)(H,86,120)(H,87,115)(H,88,102)(H,89,101)(H,90,103)(H,91,112)(H,92,116)(H,93,114)(H,94,117)(H,95,121)(H,96,119)(H,97,118)(H,104,105)(H,106,107)(H,108,109)(H,110,111). The third-order valence-electron chi connectivity index (χ3n) is 19.5. The van der Waals surface area contributed by atoms with Gasteiger partial charge >= 0.3 is 29.8 Å². The Bertz CT molecular complexity index is 4460. The second-order valence-electron chi connectivity index (χ2n) is 29.6. The number of ketones is 1. The molecule has 0 aliphatic carbocycles. The van der Waals surface area contributed by atoms with Crippen LogP contribution in [0.4, 0.5) is 5.69 Å². The van der Waals surface area contributed by atoms with Crippen molar-refractivity contribution in [2.24, 2.45) is 11.7 Å². The predicted molar refractivity (Wildman–Crippen MR) is 434 cm³/mol. The number of nitrogen functional groups attached to an aromatic ring is 1. The van der Waals surface area contributed by atoms with E-state index in [1.165, 1.54) is 24.3 Å². The first kappa shape index (κ1) is 100. The number of carboxylic acids is 4. The zero-order valence-corrected chi connectivity index (χ0v) is 68.5. The van der Waals surface area contributed by atoms with E-state index in [-0.39, 0.29) is 50.0 Å². The van der Waals surface area contributed by atoms with E-state index < -0.39 is 255 Å². The van der Waals surface area contributed by atoms with E-state index in [1.54, 1.807) is 30.5 Å². The SMILES string of the molecule is CCCCCCCCCC(=O)NC(Cc1c[nH]c2ccccc12)C(=O)NC(CC(N)=O)C(=O)NC(CC(=O)O)C(=O)NC1C(=O)NCC(=O)NC(CCCNCc2ccc(C)cc2)C(=O)NC(CC(=O)O)C(=O)NC(C)C(=O)NC(CC(=O)O)C(=O)NCC(=O)NC(CO)C(=O)NC(C(C)CC(=O)O)C(=O)NC(CC(=O)c2ccccc2N)C(=O)OC1C. The molecule has 1 aliphatic heterocycles. The summed E-state index contributed by atoms with van der Waals surface area (Å²) in [6.45, 7) is 3.59. The highest BCUT2D eigenvalue weighted by atomic mass is 16.5. The normalized spacial score (nSPS) is 20.6. The molecule has 4 aromatic rings. The minimum Gasteiger partial charge on any atom is -0.481 e. The first-order valence-corrected chi connectivity index (χ1v) is 39.8. The molecule has 14 amide bonds. The summed E-state index contributed by atoms with van der Waals surface area (Å²) in [4.78, 5) is 279. The number of amides is 14. The van der Waals surface area contributed by atoms with Crippen molar-refractivity contribution < 1.29 is 126 Å². The lowest BCUT2D eigenvalue weighted by Gasteiger charge is -2.30. The molecule has 2 heterocycles. The number of H-pyrrole nitrogens is 1. The zero-order chi connectivity index (χ0) is 91.2. The highest BCUT2D eigenvalue weighted by molar-refractivity contribution is 6.05. The van der Waals surface area contributed by atoms with E-state index in [9.17, 15) is 121 Å². The summed E-state index contributed by atoms with van der Waals surface area (Å²) in [7, 11) is 0. The van der Waals surface area contributed by atoms with Crippen molar-refractivity contribution in [3.05, 3.63) is 101 Å². The maximum Gasteiger partial charge on any atom is 0.329 e. The number of aliphatic carboxylic acids is 4. The van der Waals surface area contributed by atoms with Gasteiger partial charge in [0.2, 0.25) is 82.7 Å². The van der Waals surface area contributed by atoms with Crippen LogP contribution in [0.15, 0.2) is 79.0 Å². The fourth-order valence-electron chi connectivity index (χ4n) is 12.8. The molecule has 123 heavy (non-hydrogen) atoms. The summed E-state index contributed by atoms with van der Waals surface area (Å²) in [5, 5.41) is 82.7. The van der Waals surface area contributed by atoms with Gasteiger partial charge in [-0.3, -0.25) is 91.1 Å². The Morgan fingerprint density at radius 2 is 1.10 bits per heavy atom. The van der Waals surface area contributed by atoms with E-state index in [0.717, 1.165) is 64.0 Å². The third-order valence-corrected chi connectivity index (χ3v) is 19.5. The maximum atomic E-state index is 15.0. The number of hydrogen-bond acceptors (Lipinski definition) is 24. The molecule has 13 unspecified atom stereocenters. The number of Topliss-reactive ketones (excluding diaryl/α,β-unsaturated/α-hetero) is 1. The van der Waals surface area contributed by atoms with Crippen molar-refractivity contribution in [2.45, 2.75) is 223 Å². The van der Waals surface area contributed by atoms with Gasteiger partial charge in [-0.2, -0.15) is 0 Å². The van der Waals surface area contributed by atoms with Gasteiger partial charge in [0.1, 0.15) is 72.6 Å². The predicted octanol–water partition coefficient (Wildman–Crippen LogP) is -3.48. The molecule has 1 aliphatic rings. The molecule has 3 aromatic carbocycles. The van der Waals surface area contributed by atoms with E-state index in [0.29, 0.717) is 29.3 Å². The number of carbonyl (C=O) groups excluding carboxylic acids is 16. The lowest BCUT2D eigenvalue weighted by Crippen LogP contribution is -2.62. The van der Waals surface area contributed by atoms with Crippen molar-refractivity contribution in [3.8, 4) is 0 Å². The van der Waals surface area contributed by atoms with Crippen LogP contribution >= 0.6 is 0 Å². The van der Waals surface area contributed by atoms with Gasteiger partial charge in [-0.15, -0.1) is 0 Å². The minimum atomic E-state index is -2.46. The Morgan fingerprint density at radius 1 is 0.545 bits per heavy atom. The number of aliphatic hydroxyl groups excluding tert-OH is 1. The second-order valence-corrected chi connectivity index (χ2v) is 29.6. The maximum absolute atomic E-state index is 15.0. The van der Waals surface area contributed by atoms with Gasteiger partial charge in [0.15, 0.2) is 5.78 Å². The van der Waals surface area contributed by atoms with E-state index in [4.69, 9.17) is 16.2 Å². The number of fused-ring (bicyclic) bond motifs is 1. The largest absolute Gasteiger partial charge is 0.481 e. The number of nitrogens with one attached hydrogen (secondary N) is 15. The number of aliphatic hydroxyl groups is 1. The number of carboxylic acid groups (broad SMARTS) is 4. The number of aromatic nitrogens is 1. The van der Waals surface area contributed by atoms with Crippen LogP contribution in [0.2, 0.25) is 0 Å². The molecular weight excluding hydrogens is 1610 g/mol. The summed E-state index contributed by atoms with van der Waals surface area (Å²) in [5.74, 6) is -29.6. The van der Waals surface area contributed by atoms with Crippen LogP contribution in [0, 0.1) is 12.8 Å². The van der Waals surface area contributed by atoms with Crippen molar-refractivity contribution in [2.75, 3.05) is 32.0 Å². The number of esters is 1. The molecule has 1 fully saturated rings. The van der Waals surface area contributed by atoms with Crippen LogP contribution < -0.4 is 85.9 Å². The molecule has 1 aromatic heterocycles. The first-order chi connectivity index (χ1) is 58.3. The Labute approximate surface area is 705 Å². The van der Waals surface area contributed by atoms with Gasteiger partial charge in [-0.1, -0.05) is 113 Å². The number of primary amides is 1. The Hall–Kier alpha value is -13.5. The lowest BCUT2D eigenvalue weighted by molar-refractivity contribution is -0.156. The molecule has 43 nitrogen and oxygen atoms in total. The fourth-order valence-corrected chi connectivity index (χ4v) is 12.8. The number of cyclic esters (lactones) is 1. The number of aromatic amines is 1. The quantitative estimate of drug-likeness (QED) is 0.00897. The second kappa shape index (κ2) is 50.6. The monoisotopic (exact) mass is 1720 g/mol. The fraction of sp³-hybridized carbons (Fsp3) is 0.500. The summed E-state index contributed by atoms with van der Waals surface area (Å²) in [6.07, 6.45) is -2.20. The van der Waals surface area contributed by atoms with Gasteiger partial charge in [0.25, 0.3) is 0 Å². The number of benzene rings is 3. The highest BCUT2D eigenvalue weighted by Gasteiger charge is 2.41. The average Bonchev–Trinajstić information content (AvgIpc) is 1.71. The minimum absolute atomic E-state index is 0.00950. The number of para-hydroxylation sites is 2. The molecule has 0 radical (unpaired) electrons. The lowest BCUT2D eigenvalue weighted by atomic mass is 9.96. The highest BCUT2D eigenvalue weighted by Crippen LogP contribution is 2.22. The number of nitrogens with two attached hydrogens (primary N) is 2. The van der Waals surface area contributed by atoms with Crippen LogP contribution in [-0.4, -0.2) is 248 Å². The molecular formula is C80H109N17O26.